The van der Waals surface area contributed by atoms with Gasteiger partial charge in [0.25, 0.3) is 0 Å². The number of alkyl halides is 1. The summed E-state index contributed by atoms with van der Waals surface area (Å²) in [4.78, 5) is 6.22. The molecule has 2 aromatic rings. The average molecular weight is 420 g/mol. The van der Waals surface area contributed by atoms with Gasteiger partial charge >= 0.3 is 0 Å². The van der Waals surface area contributed by atoms with E-state index in [0.717, 1.165) is 43.6 Å². The number of aromatic amines is 1. The molecule has 0 bridgehead atoms. The Labute approximate surface area is 172 Å². The van der Waals surface area contributed by atoms with Crippen LogP contribution in [0.2, 0.25) is 0 Å². The molecule has 0 unspecified atom stereocenters. The van der Waals surface area contributed by atoms with Crippen molar-refractivity contribution in [1.82, 2.24) is 9.71 Å². The molecule has 1 aromatic carbocycles. The van der Waals surface area contributed by atoms with Gasteiger partial charge in [0.05, 0.1) is 4.90 Å². The van der Waals surface area contributed by atoms with Gasteiger partial charge in [0.15, 0.2) is 0 Å². The molecule has 2 N–H and O–H groups in total. The van der Waals surface area contributed by atoms with E-state index in [2.05, 4.69) is 20.7 Å². The second-order valence-corrected chi connectivity index (χ2v) is 10.6. The van der Waals surface area contributed by atoms with Gasteiger partial charge < -0.3 is 9.88 Å². The summed E-state index contributed by atoms with van der Waals surface area (Å²) in [6.45, 7) is 5.37. The maximum absolute atomic E-state index is 14.1. The minimum atomic E-state index is -3.43. The molecule has 0 spiro atoms. The number of anilines is 1. The third kappa shape index (κ3) is 4.08. The molecule has 2 aliphatic rings. The minimum Gasteiger partial charge on any atom is -0.367 e. The highest BCUT2D eigenvalue weighted by molar-refractivity contribution is 7.89. The van der Waals surface area contributed by atoms with Crippen LogP contribution in [-0.2, 0) is 23.0 Å². The maximum atomic E-state index is 14.1. The fraction of sp³-hybridized carbons (Fsp3) is 0.545. The number of halogens is 1. The Morgan fingerprint density at radius 2 is 1.97 bits per heavy atom. The first kappa shape index (κ1) is 20.4. The van der Waals surface area contributed by atoms with Crippen molar-refractivity contribution in [3.05, 3.63) is 46.8 Å². The topological polar surface area (TPSA) is 65.2 Å². The van der Waals surface area contributed by atoms with Crippen molar-refractivity contribution in [2.24, 2.45) is 0 Å². The predicted octanol–water partition coefficient (Wildman–Crippen LogP) is 4.18. The smallest absolute Gasteiger partial charge is 0.240 e. The Morgan fingerprint density at radius 3 is 2.62 bits per heavy atom. The molecular weight excluding hydrogens is 389 g/mol. The van der Waals surface area contributed by atoms with Gasteiger partial charge in [-0.05, 0) is 87.9 Å². The van der Waals surface area contributed by atoms with E-state index in [1.165, 1.54) is 24.0 Å². The number of aryl methyl sites for hydroxylation is 1. The SMILES string of the molecule is CNS(=O)(=O)c1ccc(N2CCc3[nH]c(C4CCC(C)(F)CC4)cc3C2)c(C)c1. The van der Waals surface area contributed by atoms with Crippen molar-refractivity contribution in [2.75, 3.05) is 18.5 Å². The molecule has 29 heavy (non-hydrogen) atoms. The molecule has 1 aliphatic heterocycles. The van der Waals surface area contributed by atoms with Gasteiger partial charge in [-0.1, -0.05) is 0 Å². The Kier molecular flexibility index (Phi) is 5.23. The number of hydrogen-bond acceptors (Lipinski definition) is 3. The Morgan fingerprint density at radius 1 is 1.24 bits per heavy atom. The van der Waals surface area contributed by atoms with Gasteiger partial charge in [-0.2, -0.15) is 0 Å². The Hall–Kier alpha value is -1.86. The normalized spacial score (nSPS) is 25.1. The lowest BCUT2D eigenvalue weighted by atomic mass is 9.79. The number of nitrogens with zero attached hydrogens (tertiary/aromatic N) is 1. The molecule has 1 aliphatic carbocycles. The van der Waals surface area contributed by atoms with Crippen LogP contribution in [0.15, 0.2) is 29.2 Å². The van der Waals surface area contributed by atoms with Crippen LogP contribution in [0.25, 0.3) is 0 Å². The van der Waals surface area contributed by atoms with Crippen LogP contribution in [0.3, 0.4) is 0 Å². The highest BCUT2D eigenvalue weighted by Gasteiger charge is 2.32. The third-order valence-corrected chi connectivity index (χ3v) is 7.97. The predicted molar refractivity (Wildman–Crippen MR) is 114 cm³/mol. The van der Waals surface area contributed by atoms with Gasteiger partial charge in [0, 0.05) is 36.6 Å². The number of H-pyrrole nitrogens is 1. The van der Waals surface area contributed by atoms with Gasteiger partial charge in [0.2, 0.25) is 10.0 Å². The number of sulfonamides is 1. The molecule has 0 amide bonds. The molecule has 2 heterocycles. The van der Waals surface area contributed by atoms with Gasteiger partial charge in [-0.15, -0.1) is 0 Å². The lowest BCUT2D eigenvalue weighted by Gasteiger charge is -2.30. The van der Waals surface area contributed by atoms with Gasteiger partial charge in [-0.25, -0.2) is 17.5 Å². The zero-order valence-electron chi connectivity index (χ0n) is 17.4. The van der Waals surface area contributed by atoms with E-state index in [9.17, 15) is 12.8 Å². The number of rotatable bonds is 4. The van der Waals surface area contributed by atoms with E-state index in [0.29, 0.717) is 23.7 Å². The fourth-order valence-electron chi connectivity index (χ4n) is 4.69. The van der Waals surface area contributed by atoms with Crippen LogP contribution in [-0.4, -0.2) is 32.7 Å². The van der Waals surface area contributed by atoms with E-state index >= 15 is 0 Å². The standard InChI is InChI=1S/C22H30FN3O2S/c1-15-12-18(29(27,28)24-3)4-5-21(15)26-11-8-19-17(14-26)13-20(25-19)16-6-9-22(2,23)10-7-16/h4-5,12-13,16,24-25H,6-11,14H2,1-3H3. The lowest BCUT2D eigenvalue weighted by molar-refractivity contribution is 0.119. The first-order chi connectivity index (χ1) is 13.7. The zero-order valence-corrected chi connectivity index (χ0v) is 18.2. The Bertz CT molecular complexity index is 1000. The fourth-order valence-corrected chi connectivity index (χ4v) is 5.50. The second kappa shape index (κ2) is 7.43. The van der Waals surface area contributed by atoms with Crippen LogP contribution in [0, 0.1) is 6.92 Å². The summed E-state index contributed by atoms with van der Waals surface area (Å²) in [5.41, 5.74) is 4.85. The molecule has 0 saturated heterocycles. The molecule has 7 heteroatoms. The molecule has 1 aromatic heterocycles. The summed E-state index contributed by atoms with van der Waals surface area (Å²) in [7, 11) is -2.01. The van der Waals surface area contributed by atoms with E-state index < -0.39 is 15.7 Å². The molecule has 158 valence electrons. The summed E-state index contributed by atoms with van der Waals surface area (Å²) < 4.78 is 40.6. The number of benzene rings is 1. The second-order valence-electron chi connectivity index (χ2n) is 8.74. The zero-order chi connectivity index (χ0) is 20.8. The summed E-state index contributed by atoms with van der Waals surface area (Å²) in [6.07, 6.45) is 4.00. The van der Waals surface area contributed by atoms with Crippen LogP contribution in [0.5, 0.6) is 0 Å². The van der Waals surface area contributed by atoms with Crippen molar-refractivity contribution < 1.29 is 12.8 Å². The van der Waals surface area contributed by atoms with Crippen molar-refractivity contribution in [1.29, 1.82) is 0 Å². The molecule has 4 rings (SSSR count). The van der Waals surface area contributed by atoms with Crippen LogP contribution in [0.4, 0.5) is 10.1 Å². The van der Waals surface area contributed by atoms with Gasteiger partial charge in [-0.3, -0.25) is 0 Å². The lowest BCUT2D eigenvalue weighted by Crippen LogP contribution is -2.30. The summed E-state index contributed by atoms with van der Waals surface area (Å²) in [5.74, 6) is 0.422. The number of nitrogens with one attached hydrogen (secondary N) is 2. The van der Waals surface area contributed by atoms with E-state index in [1.807, 2.05) is 13.0 Å². The van der Waals surface area contributed by atoms with Crippen LogP contribution >= 0.6 is 0 Å². The van der Waals surface area contributed by atoms with Crippen molar-refractivity contribution in [3.63, 3.8) is 0 Å². The largest absolute Gasteiger partial charge is 0.367 e. The maximum Gasteiger partial charge on any atom is 0.240 e. The molecule has 0 radical (unpaired) electrons. The van der Waals surface area contributed by atoms with Crippen LogP contribution in [0.1, 0.15) is 61.0 Å². The molecule has 0 atom stereocenters. The van der Waals surface area contributed by atoms with Crippen molar-refractivity contribution in [3.8, 4) is 0 Å². The van der Waals surface area contributed by atoms with Crippen molar-refractivity contribution in [2.45, 2.75) is 69.0 Å². The summed E-state index contributed by atoms with van der Waals surface area (Å²) in [5, 5.41) is 0. The number of fused-ring (bicyclic) bond motifs is 1. The third-order valence-electron chi connectivity index (χ3n) is 6.56. The molecule has 1 fully saturated rings. The summed E-state index contributed by atoms with van der Waals surface area (Å²) in [6, 6.07) is 7.57. The van der Waals surface area contributed by atoms with E-state index in [4.69, 9.17) is 0 Å². The van der Waals surface area contributed by atoms with Crippen molar-refractivity contribution >= 4 is 15.7 Å². The molecule has 5 nitrogen and oxygen atoms in total. The van der Waals surface area contributed by atoms with E-state index in [-0.39, 0.29) is 0 Å². The van der Waals surface area contributed by atoms with E-state index in [1.54, 1.807) is 19.1 Å². The monoisotopic (exact) mass is 419 g/mol. The minimum absolute atomic E-state index is 0.292. The highest BCUT2D eigenvalue weighted by Crippen LogP contribution is 2.40. The van der Waals surface area contributed by atoms with Gasteiger partial charge in [0.1, 0.15) is 5.67 Å². The number of aromatic nitrogens is 1. The quantitative estimate of drug-likeness (QED) is 0.781. The molecular formula is C22H30FN3O2S. The first-order valence-electron chi connectivity index (χ1n) is 10.4. The molecule has 1 saturated carbocycles. The highest BCUT2D eigenvalue weighted by atomic mass is 32.2. The summed E-state index contributed by atoms with van der Waals surface area (Å²) >= 11 is 0. The number of hydrogen-bond donors (Lipinski definition) is 2. The van der Waals surface area contributed by atoms with Crippen LogP contribution < -0.4 is 9.62 Å². The Balaban J connectivity index is 1.52. The average Bonchev–Trinajstić information content (AvgIpc) is 3.11. The first-order valence-corrected chi connectivity index (χ1v) is 11.9.